The summed E-state index contributed by atoms with van der Waals surface area (Å²) in [7, 11) is 1.80. The number of nitrogens with zero attached hydrogens (tertiary/aromatic N) is 1. The Labute approximate surface area is 124 Å². The van der Waals surface area contributed by atoms with Crippen LogP contribution in [-0.4, -0.2) is 32.3 Å². The van der Waals surface area contributed by atoms with Crippen LogP contribution in [0.1, 0.15) is 25.3 Å². The summed E-state index contributed by atoms with van der Waals surface area (Å²) >= 11 is 3.56. The second-order valence-electron chi connectivity index (χ2n) is 5.24. The molecule has 0 aliphatic carbocycles. The zero-order valence-corrected chi connectivity index (χ0v) is 13.3. The van der Waals surface area contributed by atoms with Gasteiger partial charge in [-0.05, 0) is 43.0 Å². The fourth-order valence-electron chi connectivity index (χ4n) is 2.59. The topological polar surface area (TPSA) is 38.5 Å². The van der Waals surface area contributed by atoms with Crippen molar-refractivity contribution < 1.29 is 4.74 Å². The lowest BCUT2D eigenvalue weighted by Gasteiger charge is -2.23. The maximum absolute atomic E-state index is 6.12. The number of halogens is 1. The molecule has 0 spiro atoms. The highest BCUT2D eigenvalue weighted by molar-refractivity contribution is 9.10. The van der Waals surface area contributed by atoms with E-state index in [-0.39, 0.29) is 6.04 Å². The Kier molecular flexibility index (Phi) is 5.25. The lowest BCUT2D eigenvalue weighted by atomic mass is 10.0. The highest BCUT2D eigenvalue weighted by atomic mass is 79.9. The Morgan fingerprint density at radius 3 is 2.95 bits per heavy atom. The van der Waals surface area contributed by atoms with Crippen LogP contribution in [0.3, 0.4) is 0 Å². The first kappa shape index (κ1) is 14.8. The number of rotatable bonds is 5. The van der Waals surface area contributed by atoms with Gasteiger partial charge in [0.1, 0.15) is 0 Å². The standard InChI is InChI=1S/C15H23BrN2O/c1-3-13(17)9-11-8-12(16)4-5-15(11)18-7-6-14(10-18)19-2/h4-5,8,13-14H,3,6-7,9-10,17H2,1-2H3. The van der Waals surface area contributed by atoms with E-state index in [4.69, 9.17) is 10.5 Å². The van der Waals surface area contributed by atoms with Crippen LogP contribution in [-0.2, 0) is 11.2 Å². The van der Waals surface area contributed by atoms with Gasteiger partial charge in [0, 0.05) is 36.4 Å². The summed E-state index contributed by atoms with van der Waals surface area (Å²) in [5.74, 6) is 0. The van der Waals surface area contributed by atoms with Crippen LogP contribution in [0.15, 0.2) is 22.7 Å². The molecule has 1 aromatic rings. The van der Waals surface area contributed by atoms with Gasteiger partial charge in [0.25, 0.3) is 0 Å². The molecular formula is C15H23BrN2O. The summed E-state index contributed by atoms with van der Waals surface area (Å²) in [6.07, 6.45) is 3.40. The molecule has 0 amide bonds. The van der Waals surface area contributed by atoms with Gasteiger partial charge in [-0.1, -0.05) is 22.9 Å². The predicted molar refractivity (Wildman–Crippen MR) is 83.7 cm³/mol. The van der Waals surface area contributed by atoms with Gasteiger partial charge in [-0.2, -0.15) is 0 Å². The Morgan fingerprint density at radius 1 is 1.53 bits per heavy atom. The van der Waals surface area contributed by atoms with E-state index in [0.717, 1.165) is 36.8 Å². The number of methoxy groups -OCH3 is 1. The van der Waals surface area contributed by atoms with E-state index in [2.05, 4.69) is 46.0 Å². The fourth-order valence-corrected chi connectivity index (χ4v) is 3.00. The molecule has 2 N–H and O–H groups in total. The first-order valence-electron chi connectivity index (χ1n) is 6.95. The van der Waals surface area contributed by atoms with Gasteiger partial charge < -0.3 is 15.4 Å². The fraction of sp³-hybridized carbons (Fsp3) is 0.600. The van der Waals surface area contributed by atoms with E-state index in [0.29, 0.717) is 6.10 Å². The predicted octanol–water partition coefficient (Wildman–Crippen LogP) is 2.95. The van der Waals surface area contributed by atoms with E-state index in [1.807, 2.05) is 0 Å². The summed E-state index contributed by atoms with van der Waals surface area (Å²) in [4.78, 5) is 2.42. The third kappa shape index (κ3) is 3.71. The molecule has 1 aromatic carbocycles. The number of anilines is 1. The zero-order valence-electron chi connectivity index (χ0n) is 11.7. The van der Waals surface area contributed by atoms with Crippen LogP contribution < -0.4 is 10.6 Å². The lowest BCUT2D eigenvalue weighted by Crippen LogP contribution is -2.26. The van der Waals surface area contributed by atoms with Gasteiger partial charge in [0.15, 0.2) is 0 Å². The molecule has 19 heavy (non-hydrogen) atoms. The third-order valence-corrected chi connectivity index (χ3v) is 4.36. The van der Waals surface area contributed by atoms with Gasteiger partial charge in [-0.3, -0.25) is 0 Å². The van der Waals surface area contributed by atoms with Crippen molar-refractivity contribution in [1.29, 1.82) is 0 Å². The molecule has 1 fully saturated rings. The summed E-state index contributed by atoms with van der Waals surface area (Å²) in [6, 6.07) is 6.73. The lowest BCUT2D eigenvalue weighted by molar-refractivity contribution is 0.121. The minimum absolute atomic E-state index is 0.230. The van der Waals surface area contributed by atoms with Crippen LogP contribution in [0.25, 0.3) is 0 Å². The SMILES string of the molecule is CCC(N)Cc1cc(Br)ccc1N1CCC(OC)C1. The Hall–Kier alpha value is -0.580. The van der Waals surface area contributed by atoms with Crippen LogP contribution in [0.4, 0.5) is 5.69 Å². The van der Waals surface area contributed by atoms with Crippen molar-refractivity contribution in [3.63, 3.8) is 0 Å². The van der Waals surface area contributed by atoms with Crippen molar-refractivity contribution in [3.05, 3.63) is 28.2 Å². The summed E-state index contributed by atoms with van der Waals surface area (Å²) in [5.41, 5.74) is 8.76. The van der Waals surface area contributed by atoms with Gasteiger partial charge in [-0.15, -0.1) is 0 Å². The van der Waals surface area contributed by atoms with Crippen LogP contribution in [0, 0.1) is 0 Å². The molecule has 2 unspecified atom stereocenters. The number of hydrogen-bond donors (Lipinski definition) is 1. The highest BCUT2D eigenvalue weighted by Crippen LogP contribution is 2.29. The van der Waals surface area contributed by atoms with Crippen molar-refractivity contribution in [1.82, 2.24) is 0 Å². The van der Waals surface area contributed by atoms with Crippen molar-refractivity contribution in [3.8, 4) is 0 Å². The number of ether oxygens (including phenoxy) is 1. The first-order valence-corrected chi connectivity index (χ1v) is 7.75. The molecule has 106 valence electrons. The summed E-state index contributed by atoms with van der Waals surface area (Å²) < 4.78 is 6.58. The number of nitrogens with two attached hydrogens (primary N) is 1. The quantitative estimate of drug-likeness (QED) is 0.904. The third-order valence-electron chi connectivity index (χ3n) is 3.87. The molecule has 0 saturated carbocycles. The van der Waals surface area contributed by atoms with Crippen molar-refractivity contribution >= 4 is 21.6 Å². The Balaban J connectivity index is 2.19. The molecule has 0 aromatic heterocycles. The second-order valence-corrected chi connectivity index (χ2v) is 6.15. The molecule has 0 radical (unpaired) electrons. The Bertz CT molecular complexity index is 425. The molecule has 2 rings (SSSR count). The molecule has 1 aliphatic heterocycles. The highest BCUT2D eigenvalue weighted by Gasteiger charge is 2.24. The maximum atomic E-state index is 6.12. The van der Waals surface area contributed by atoms with Crippen LogP contribution in [0.5, 0.6) is 0 Å². The summed E-state index contributed by atoms with van der Waals surface area (Å²) in [5, 5.41) is 0. The van der Waals surface area contributed by atoms with Gasteiger partial charge >= 0.3 is 0 Å². The van der Waals surface area contributed by atoms with E-state index in [9.17, 15) is 0 Å². The van der Waals surface area contributed by atoms with Gasteiger partial charge in [0.05, 0.1) is 6.10 Å². The Morgan fingerprint density at radius 2 is 2.32 bits per heavy atom. The first-order chi connectivity index (χ1) is 9.13. The van der Waals surface area contributed by atoms with E-state index < -0.39 is 0 Å². The normalized spacial score (nSPS) is 20.8. The number of hydrogen-bond acceptors (Lipinski definition) is 3. The second kappa shape index (κ2) is 6.73. The molecule has 3 nitrogen and oxygen atoms in total. The minimum atomic E-state index is 0.230. The molecule has 2 atom stereocenters. The van der Waals surface area contributed by atoms with Gasteiger partial charge in [-0.25, -0.2) is 0 Å². The molecule has 0 bridgehead atoms. The van der Waals surface area contributed by atoms with Gasteiger partial charge in [0.2, 0.25) is 0 Å². The smallest absolute Gasteiger partial charge is 0.0762 e. The molecule has 4 heteroatoms. The van der Waals surface area contributed by atoms with E-state index >= 15 is 0 Å². The van der Waals surface area contributed by atoms with Crippen molar-refractivity contribution in [2.45, 2.75) is 38.3 Å². The van der Waals surface area contributed by atoms with Crippen molar-refractivity contribution in [2.24, 2.45) is 5.73 Å². The monoisotopic (exact) mass is 326 g/mol. The zero-order chi connectivity index (χ0) is 13.8. The van der Waals surface area contributed by atoms with E-state index in [1.165, 1.54) is 11.3 Å². The molecule has 1 saturated heterocycles. The summed E-state index contributed by atoms with van der Waals surface area (Å²) in [6.45, 7) is 4.18. The van der Waals surface area contributed by atoms with E-state index in [1.54, 1.807) is 7.11 Å². The molecule has 1 heterocycles. The van der Waals surface area contributed by atoms with Crippen LogP contribution in [0.2, 0.25) is 0 Å². The average molecular weight is 327 g/mol. The average Bonchev–Trinajstić information content (AvgIpc) is 2.87. The van der Waals surface area contributed by atoms with Crippen molar-refractivity contribution in [2.75, 3.05) is 25.1 Å². The van der Waals surface area contributed by atoms with Crippen LogP contribution >= 0.6 is 15.9 Å². The largest absolute Gasteiger partial charge is 0.380 e. The number of benzene rings is 1. The minimum Gasteiger partial charge on any atom is -0.380 e. The maximum Gasteiger partial charge on any atom is 0.0762 e. The molecular weight excluding hydrogens is 304 g/mol. The molecule has 1 aliphatic rings.